The van der Waals surface area contributed by atoms with Gasteiger partial charge in [0, 0.05) is 12.2 Å². The van der Waals surface area contributed by atoms with E-state index < -0.39 is 17.6 Å². The van der Waals surface area contributed by atoms with E-state index in [1.54, 1.807) is 30.3 Å². The minimum atomic E-state index is -4.49. The molecule has 0 aliphatic heterocycles. The van der Waals surface area contributed by atoms with Gasteiger partial charge < -0.3 is 5.32 Å². The smallest absolute Gasteiger partial charge is 0.325 e. The molecule has 1 aromatic heterocycles. The van der Waals surface area contributed by atoms with Gasteiger partial charge in [-0.25, -0.2) is 4.98 Å². The van der Waals surface area contributed by atoms with Crippen LogP contribution in [0.1, 0.15) is 5.56 Å². The van der Waals surface area contributed by atoms with Crippen molar-refractivity contribution in [2.45, 2.75) is 17.9 Å². The van der Waals surface area contributed by atoms with Crippen molar-refractivity contribution in [3.05, 3.63) is 77.1 Å². The van der Waals surface area contributed by atoms with E-state index in [1.165, 1.54) is 16.7 Å². The number of hydrogen-bond donors (Lipinski definition) is 1. The Kier molecular flexibility index (Phi) is 6.07. The molecule has 0 aliphatic carbocycles. The topological polar surface area (TPSA) is 64.0 Å². The molecule has 1 amide bonds. The Morgan fingerprint density at radius 3 is 2.69 bits per heavy atom. The summed E-state index contributed by atoms with van der Waals surface area (Å²) in [5.41, 5.74) is -0.561. The van der Waals surface area contributed by atoms with E-state index in [9.17, 15) is 22.8 Å². The highest BCUT2D eigenvalue weighted by atomic mass is 32.2. The Bertz CT molecular complexity index is 1130. The molecule has 1 N–H and O–H groups in total. The van der Waals surface area contributed by atoms with E-state index in [2.05, 4.69) is 16.9 Å². The van der Waals surface area contributed by atoms with Crippen LogP contribution in [-0.2, 0) is 17.5 Å². The number of fused-ring (bicyclic) bond motifs is 1. The van der Waals surface area contributed by atoms with Crippen molar-refractivity contribution in [2.24, 2.45) is 0 Å². The van der Waals surface area contributed by atoms with Gasteiger partial charge in [0.25, 0.3) is 5.56 Å². The molecule has 0 bridgehead atoms. The molecule has 0 unspecified atom stereocenters. The van der Waals surface area contributed by atoms with Crippen molar-refractivity contribution in [3.8, 4) is 0 Å². The van der Waals surface area contributed by atoms with Crippen LogP contribution in [0.4, 0.5) is 18.9 Å². The van der Waals surface area contributed by atoms with Gasteiger partial charge >= 0.3 is 6.18 Å². The average molecular weight is 419 g/mol. The SMILES string of the molecule is C=CCn1c(SCC(=O)Nc2cccc(C(F)(F)F)c2)nc2ccccc2c1=O. The molecule has 0 spiro atoms. The molecule has 150 valence electrons. The van der Waals surface area contributed by atoms with Crippen LogP contribution in [0.25, 0.3) is 10.9 Å². The van der Waals surface area contributed by atoms with Crippen LogP contribution < -0.4 is 10.9 Å². The molecule has 0 aliphatic rings. The Morgan fingerprint density at radius 1 is 1.21 bits per heavy atom. The van der Waals surface area contributed by atoms with Crippen LogP contribution in [0.2, 0.25) is 0 Å². The van der Waals surface area contributed by atoms with E-state index in [0.717, 1.165) is 23.9 Å². The second-order valence-electron chi connectivity index (χ2n) is 6.03. The molecule has 3 aromatic rings. The summed E-state index contributed by atoms with van der Waals surface area (Å²) in [6, 6.07) is 11.2. The normalized spacial score (nSPS) is 11.4. The molecule has 3 rings (SSSR count). The zero-order chi connectivity index (χ0) is 21.0. The summed E-state index contributed by atoms with van der Waals surface area (Å²) in [6.45, 7) is 3.85. The number of hydrogen-bond acceptors (Lipinski definition) is 4. The van der Waals surface area contributed by atoms with Gasteiger partial charge in [-0.1, -0.05) is 36.0 Å². The van der Waals surface area contributed by atoms with Gasteiger partial charge in [-0.15, -0.1) is 6.58 Å². The molecule has 0 radical (unpaired) electrons. The van der Waals surface area contributed by atoms with Crippen molar-refractivity contribution in [1.82, 2.24) is 9.55 Å². The number of nitrogens with one attached hydrogen (secondary N) is 1. The maximum Gasteiger partial charge on any atom is 0.416 e. The van der Waals surface area contributed by atoms with Crippen LogP contribution in [0.3, 0.4) is 0 Å². The molecule has 0 atom stereocenters. The number of rotatable bonds is 6. The van der Waals surface area contributed by atoms with Crippen LogP contribution in [0.5, 0.6) is 0 Å². The third-order valence-electron chi connectivity index (χ3n) is 3.94. The number of halogens is 3. The van der Waals surface area contributed by atoms with E-state index in [0.29, 0.717) is 16.1 Å². The fourth-order valence-corrected chi connectivity index (χ4v) is 3.46. The van der Waals surface area contributed by atoms with Crippen molar-refractivity contribution < 1.29 is 18.0 Å². The van der Waals surface area contributed by atoms with Crippen molar-refractivity contribution in [3.63, 3.8) is 0 Å². The second-order valence-corrected chi connectivity index (χ2v) is 6.97. The molecule has 29 heavy (non-hydrogen) atoms. The fourth-order valence-electron chi connectivity index (χ4n) is 2.65. The van der Waals surface area contributed by atoms with Gasteiger partial charge in [0.05, 0.1) is 22.2 Å². The first-order valence-corrected chi connectivity index (χ1v) is 9.48. The zero-order valence-electron chi connectivity index (χ0n) is 15.1. The predicted molar refractivity (Wildman–Crippen MR) is 107 cm³/mol. The Hall–Kier alpha value is -3.07. The number of thioether (sulfide) groups is 1. The van der Waals surface area contributed by atoms with Crippen LogP contribution in [0.15, 0.2) is 71.1 Å². The summed E-state index contributed by atoms with van der Waals surface area (Å²) in [5.74, 6) is -0.639. The lowest BCUT2D eigenvalue weighted by molar-refractivity contribution is -0.137. The van der Waals surface area contributed by atoms with Crippen molar-refractivity contribution >= 4 is 34.3 Å². The molecule has 0 saturated heterocycles. The number of alkyl halides is 3. The highest BCUT2D eigenvalue weighted by Gasteiger charge is 2.30. The zero-order valence-corrected chi connectivity index (χ0v) is 15.9. The number of anilines is 1. The monoisotopic (exact) mass is 419 g/mol. The number of allylic oxidation sites excluding steroid dienone is 1. The van der Waals surface area contributed by atoms with Crippen LogP contribution in [0, 0.1) is 0 Å². The highest BCUT2D eigenvalue weighted by molar-refractivity contribution is 7.99. The summed E-state index contributed by atoms with van der Waals surface area (Å²) in [5, 5.41) is 3.21. The summed E-state index contributed by atoms with van der Waals surface area (Å²) >= 11 is 1.02. The molecule has 0 saturated carbocycles. The number of para-hydroxylation sites is 1. The minimum Gasteiger partial charge on any atom is -0.325 e. The van der Waals surface area contributed by atoms with E-state index >= 15 is 0 Å². The third kappa shape index (κ3) is 4.86. The van der Waals surface area contributed by atoms with Gasteiger partial charge in [-0.2, -0.15) is 13.2 Å². The molecule has 0 fully saturated rings. The highest BCUT2D eigenvalue weighted by Crippen LogP contribution is 2.30. The lowest BCUT2D eigenvalue weighted by Crippen LogP contribution is -2.23. The van der Waals surface area contributed by atoms with E-state index in [1.807, 2.05) is 0 Å². The average Bonchev–Trinajstić information content (AvgIpc) is 2.68. The summed E-state index contributed by atoms with van der Waals surface area (Å²) in [7, 11) is 0. The first-order chi connectivity index (χ1) is 13.8. The third-order valence-corrected chi connectivity index (χ3v) is 4.92. The van der Waals surface area contributed by atoms with Gasteiger partial charge in [0.1, 0.15) is 0 Å². The minimum absolute atomic E-state index is 0.0420. The summed E-state index contributed by atoms with van der Waals surface area (Å²) in [4.78, 5) is 29.3. The standard InChI is InChI=1S/C20H16F3N3O2S/c1-2-10-26-18(28)15-8-3-4-9-16(15)25-19(26)29-12-17(27)24-14-7-5-6-13(11-14)20(21,22)23/h2-9,11H,1,10,12H2,(H,24,27). The predicted octanol–water partition coefficient (Wildman–Crippen LogP) is 4.33. The Morgan fingerprint density at radius 2 is 1.97 bits per heavy atom. The first-order valence-electron chi connectivity index (χ1n) is 8.50. The molecule has 2 aromatic carbocycles. The lowest BCUT2D eigenvalue weighted by atomic mass is 10.2. The van der Waals surface area contributed by atoms with Gasteiger partial charge in [0.15, 0.2) is 5.16 Å². The summed E-state index contributed by atoms with van der Waals surface area (Å²) in [6.07, 6.45) is -2.95. The fraction of sp³-hybridized carbons (Fsp3) is 0.150. The van der Waals surface area contributed by atoms with Gasteiger partial charge in [0.2, 0.25) is 5.91 Å². The maximum absolute atomic E-state index is 12.8. The quantitative estimate of drug-likeness (QED) is 0.367. The number of carbonyl (C=O) groups is 1. The van der Waals surface area contributed by atoms with Crippen LogP contribution >= 0.6 is 11.8 Å². The summed E-state index contributed by atoms with van der Waals surface area (Å²) < 4.78 is 39.8. The van der Waals surface area contributed by atoms with E-state index in [4.69, 9.17) is 0 Å². The van der Waals surface area contributed by atoms with Gasteiger partial charge in [-0.05, 0) is 30.3 Å². The lowest BCUT2D eigenvalue weighted by Gasteiger charge is -2.12. The molecule has 1 heterocycles. The number of amides is 1. The van der Waals surface area contributed by atoms with E-state index in [-0.39, 0.29) is 23.5 Å². The Labute approximate surface area is 168 Å². The maximum atomic E-state index is 12.8. The number of nitrogens with zero attached hydrogens (tertiary/aromatic N) is 2. The molecule has 5 nitrogen and oxygen atoms in total. The number of benzene rings is 2. The first kappa shape index (κ1) is 20.7. The molecular formula is C20H16F3N3O2S. The Balaban J connectivity index is 1.78. The van der Waals surface area contributed by atoms with Crippen molar-refractivity contribution in [1.29, 1.82) is 0 Å². The molecule has 9 heteroatoms. The van der Waals surface area contributed by atoms with Crippen LogP contribution in [-0.4, -0.2) is 21.2 Å². The van der Waals surface area contributed by atoms with Crippen molar-refractivity contribution in [2.75, 3.05) is 11.1 Å². The number of carbonyl (C=O) groups excluding carboxylic acids is 1. The number of aromatic nitrogens is 2. The van der Waals surface area contributed by atoms with Gasteiger partial charge in [-0.3, -0.25) is 14.2 Å². The molecular weight excluding hydrogens is 403 g/mol. The largest absolute Gasteiger partial charge is 0.416 e. The second kappa shape index (κ2) is 8.52.